The fourth-order valence-corrected chi connectivity index (χ4v) is 2.97. The highest BCUT2D eigenvalue weighted by molar-refractivity contribution is 5.76. The lowest BCUT2D eigenvalue weighted by Crippen LogP contribution is -2.48. The van der Waals surface area contributed by atoms with Crippen molar-refractivity contribution < 1.29 is 14.1 Å². The van der Waals surface area contributed by atoms with Crippen LogP contribution >= 0.6 is 0 Å². The van der Waals surface area contributed by atoms with E-state index in [-0.39, 0.29) is 5.91 Å². The molecule has 1 aromatic carbocycles. The van der Waals surface area contributed by atoms with Crippen molar-refractivity contribution in [2.75, 3.05) is 32.8 Å². The van der Waals surface area contributed by atoms with Gasteiger partial charge in [0, 0.05) is 45.2 Å². The summed E-state index contributed by atoms with van der Waals surface area (Å²) < 4.78 is 10.7. The number of hydrogen-bond acceptors (Lipinski definition) is 5. The topological polar surface area (TPSA) is 58.8 Å². The van der Waals surface area contributed by atoms with Gasteiger partial charge in [0.05, 0.1) is 12.3 Å². The SMILES string of the molecule is Cc1cc(CN2CCN(C(=O)CCCOc3ccccc3)CC2)no1. The zero-order valence-corrected chi connectivity index (χ0v) is 14.7. The van der Waals surface area contributed by atoms with E-state index in [2.05, 4.69) is 10.1 Å². The number of amides is 1. The van der Waals surface area contributed by atoms with E-state index in [0.29, 0.717) is 13.0 Å². The third-order valence-electron chi connectivity index (χ3n) is 4.33. The van der Waals surface area contributed by atoms with Crippen LogP contribution in [0.4, 0.5) is 0 Å². The summed E-state index contributed by atoms with van der Waals surface area (Å²) >= 11 is 0. The van der Waals surface area contributed by atoms with E-state index < -0.39 is 0 Å². The lowest BCUT2D eigenvalue weighted by atomic mass is 10.2. The lowest BCUT2D eigenvalue weighted by Gasteiger charge is -2.34. The van der Waals surface area contributed by atoms with Gasteiger partial charge in [-0.25, -0.2) is 0 Å². The second-order valence-electron chi connectivity index (χ2n) is 6.35. The summed E-state index contributed by atoms with van der Waals surface area (Å²) in [6, 6.07) is 11.7. The highest BCUT2D eigenvalue weighted by Gasteiger charge is 2.21. The van der Waals surface area contributed by atoms with Crippen molar-refractivity contribution in [3.63, 3.8) is 0 Å². The third-order valence-corrected chi connectivity index (χ3v) is 4.33. The van der Waals surface area contributed by atoms with Crippen LogP contribution in [-0.2, 0) is 11.3 Å². The average Bonchev–Trinajstić information content (AvgIpc) is 3.05. The summed E-state index contributed by atoms with van der Waals surface area (Å²) in [5, 5.41) is 4.03. The maximum absolute atomic E-state index is 12.3. The Bertz CT molecular complexity index is 664. The summed E-state index contributed by atoms with van der Waals surface area (Å²) in [4.78, 5) is 16.6. The van der Waals surface area contributed by atoms with E-state index >= 15 is 0 Å². The molecule has 0 saturated carbocycles. The van der Waals surface area contributed by atoms with Crippen LogP contribution in [0.2, 0.25) is 0 Å². The van der Waals surface area contributed by atoms with Gasteiger partial charge in [0.2, 0.25) is 5.91 Å². The maximum atomic E-state index is 12.3. The average molecular weight is 343 g/mol. The lowest BCUT2D eigenvalue weighted by molar-refractivity contribution is -0.133. The van der Waals surface area contributed by atoms with Gasteiger partial charge in [0.15, 0.2) is 0 Å². The van der Waals surface area contributed by atoms with Gasteiger partial charge < -0.3 is 14.2 Å². The van der Waals surface area contributed by atoms with Crippen LogP contribution in [0.25, 0.3) is 0 Å². The van der Waals surface area contributed by atoms with Crippen LogP contribution in [0.5, 0.6) is 5.75 Å². The zero-order valence-electron chi connectivity index (χ0n) is 14.7. The molecule has 3 rings (SSSR count). The van der Waals surface area contributed by atoms with Crippen LogP contribution < -0.4 is 4.74 Å². The van der Waals surface area contributed by atoms with Gasteiger partial charge in [-0.05, 0) is 25.5 Å². The van der Waals surface area contributed by atoms with E-state index in [1.165, 1.54) is 0 Å². The van der Waals surface area contributed by atoms with E-state index in [1.807, 2.05) is 48.2 Å². The Morgan fingerprint density at radius 2 is 1.96 bits per heavy atom. The summed E-state index contributed by atoms with van der Waals surface area (Å²) in [6.45, 7) is 6.54. The molecule has 0 bridgehead atoms. The van der Waals surface area contributed by atoms with E-state index in [9.17, 15) is 4.79 Å². The molecular formula is C19H25N3O3. The Balaban J connectivity index is 1.32. The second-order valence-corrected chi connectivity index (χ2v) is 6.35. The van der Waals surface area contributed by atoms with Gasteiger partial charge in [-0.3, -0.25) is 9.69 Å². The van der Waals surface area contributed by atoms with Gasteiger partial charge >= 0.3 is 0 Å². The summed E-state index contributed by atoms with van der Waals surface area (Å²) in [5.41, 5.74) is 0.954. The normalized spacial score (nSPS) is 15.3. The number of para-hydroxylation sites is 1. The van der Waals surface area contributed by atoms with Crippen molar-refractivity contribution in [2.24, 2.45) is 0 Å². The molecule has 2 aromatic rings. The van der Waals surface area contributed by atoms with Crippen LogP contribution in [0.1, 0.15) is 24.3 Å². The smallest absolute Gasteiger partial charge is 0.222 e. The molecule has 1 saturated heterocycles. The Morgan fingerprint density at radius 3 is 2.64 bits per heavy atom. The molecule has 134 valence electrons. The maximum Gasteiger partial charge on any atom is 0.222 e. The number of rotatable bonds is 7. The molecule has 0 radical (unpaired) electrons. The number of nitrogens with zero attached hydrogens (tertiary/aromatic N) is 3. The molecule has 1 aliphatic heterocycles. The van der Waals surface area contributed by atoms with Crippen molar-refractivity contribution in [1.29, 1.82) is 0 Å². The Kier molecular flexibility index (Phi) is 6.06. The summed E-state index contributed by atoms with van der Waals surface area (Å²) in [7, 11) is 0. The van der Waals surface area contributed by atoms with Crippen LogP contribution in [0.15, 0.2) is 40.9 Å². The minimum Gasteiger partial charge on any atom is -0.494 e. The molecule has 1 aromatic heterocycles. The molecule has 1 fully saturated rings. The number of carbonyl (C=O) groups excluding carboxylic acids is 1. The molecule has 6 heteroatoms. The minimum atomic E-state index is 0.216. The first kappa shape index (κ1) is 17.5. The van der Waals surface area contributed by atoms with Crippen molar-refractivity contribution in [2.45, 2.75) is 26.3 Å². The van der Waals surface area contributed by atoms with E-state index in [1.54, 1.807) is 0 Å². The molecule has 1 amide bonds. The molecule has 25 heavy (non-hydrogen) atoms. The molecule has 6 nitrogen and oxygen atoms in total. The van der Waals surface area contributed by atoms with Crippen LogP contribution in [0.3, 0.4) is 0 Å². The molecule has 0 aliphatic carbocycles. The molecule has 1 aliphatic rings. The largest absolute Gasteiger partial charge is 0.494 e. The van der Waals surface area contributed by atoms with E-state index in [4.69, 9.17) is 9.26 Å². The Morgan fingerprint density at radius 1 is 1.20 bits per heavy atom. The summed E-state index contributed by atoms with van der Waals surface area (Å²) in [5.74, 6) is 1.90. The first-order chi connectivity index (χ1) is 12.2. The number of hydrogen-bond donors (Lipinski definition) is 0. The Hall–Kier alpha value is -2.34. The van der Waals surface area contributed by atoms with Gasteiger partial charge in [0.1, 0.15) is 11.5 Å². The molecule has 0 N–H and O–H groups in total. The fourth-order valence-electron chi connectivity index (χ4n) is 2.97. The highest BCUT2D eigenvalue weighted by Crippen LogP contribution is 2.12. The first-order valence-electron chi connectivity index (χ1n) is 8.81. The molecule has 0 atom stereocenters. The van der Waals surface area contributed by atoms with Crippen LogP contribution in [-0.4, -0.2) is 53.6 Å². The van der Waals surface area contributed by atoms with Crippen LogP contribution in [0, 0.1) is 6.92 Å². The number of benzene rings is 1. The van der Waals surface area contributed by atoms with Crippen molar-refractivity contribution >= 4 is 5.91 Å². The zero-order chi connectivity index (χ0) is 17.5. The molecular weight excluding hydrogens is 318 g/mol. The van der Waals surface area contributed by atoms with Gasteiger partial charge in [-0.15, -0.1) is 0 Å². The molecule has 0 spiro atoms. The van der Waals surface area contributed by atoms with E-state index in [0.717, 1.165) is 56.3 Å². The van der Waals surface area contributed by atoms with Gasteiger partial charge in [0.25, 0.3) is 0 Å². The third kappa shape index (κ3) is 5.32. The number of piperazine rings is 1. The monoisotopic (exact) mass is 343 g/mol. The van der Waals surface area contributed by atoms with Crippen molar-refractivity contribution in [1.82, 2.24) is 15.0 Å². The number of carbonyl (C=O) groups is 1. The predicted octanol–water partition coefficient (Wildman–Crippen LogP) is 2.49. The highest BCUT2D eigenvalue weighted by atomic mass is 16.5. The minimum absolute atomic E-state index is 0.216. The standard InChI is InChI=1S/C19H25N3O3/c1-16-14-17(20-25-16)15-21-9-11-22(12-10-21)19(23)8-5-13-24-18-6-3-2-4-7-18/h2-4,6-7,14H,5,8-13,15H2,1H3. The van der Waals surface area contributed by atoms with Crippen molar-refractivity contribution in [3.8, 4) is 5.75 Å². The first-order valence-corrected chi connectivity index (χ1v) is 8.81. The summed E-state index contributed by atoms with van der Waals surface area (Å²) in [6.07, 6.45) is 1.28. The predicted molar refractivity (Wildman–Crippen MR) is 94.3 cm³/mol. The van der Waals surface area contributed by atoms with Gasteiger partial charge in [-0.2, -0.15) is 0 Å². The fraction of sp³-hybridized carbons (Fsp3) is 0.474. The Labute approximate surface area is 148 Å². The number of aryl methyl sites for hydroxylation is 1. The van der Waals surface area contributed by atoms with Crippen molar-refractivity contribution in [3.05, 3.63) is 47.9 Å². The number of aromatic nitrogens is 1. The number of ether oxygens (including phenoxy) is 1. The second kappa shape index (κ2) is 8.67. The molecule has 0 unspecified atom stereocenters. The molecule has 2 heterocycles. The quantitative estimate of drug-likeness (QED) is 0.723. The van der Waals surface area contributed by atoms with Gasteiger partial charge in [-0.1, -0.05) is 23.4 Å².